The number of hydrogen-bond acceptors (Lipinski definition) is 9. The zero-order valence-electron chi connectivity index (χ0n) is 18.2. The van der Waals surface area contributed by atoms with Crippen molar-refractivity contribution in [2.45, 2.75) is 26.8 Å². The molecular weight excluding hydrogens is 402 g/mol. The van der Waals surface area contributed by atoms with E-state index in [1.54, 1.807) is 6.92 Å². The Labute approximate surface area is 182 Å². The van der Waals surface area contributed by atoms with Crippen molar-refractivity contribution in [3.63, 3.8) is 0 Å². The van der Waals surface area contributed by atoms with E-state index in [0.29, 0.717) is 77.5 Å². The number of aryl methyl sites for hydroxylation is 1. The molecule has 1 aromatic carbocycles. The molecule has 0 saturated carbocycles. The fraction of sp³-hybridized carbons (Fsp3) is 0.571. The van der Waals surface area contributed by atoms with Gasteiger partial charge in [0.05, 0.1) is 46.2 Å². The molecule has 1 amide bonds. The average Bonchev–Trinajstić information content (AvgIpc) is 2.79. The molecule has 1 N–H and O–H groups in total. The first-order valence-electron chi connectivity index (χ1n) is 10.4. The summed E-state index contributed by atoms with van der Waals surface area (Å²) in [6, 6.07) is 7.58. The van der Waals surface area contributed by atoms with Crippen LogP contribution in [0.1, 0.15) is 24.7 Å². The predicted molar refractivity (Wildman–Crippen MR) is 113 cm³/mol. The van der Waals surface area contributed by atoms with Gasteiger partial charge >= 0.3 is 0 Å². The molecule has 0 aliphatic rings. The van der Waals surface area contributed by atoms with Crippen molar-refractivity contribution < 1.29 is 23.7 Å². The number of carbonyl (C=O) groups excluding carboxylic acids is 1. The Hall–Kier alpha value is -2.53. The SMILES string of the molecule is CCOCCOCCOCCOCCC(=O)NCc1ccc(-c2nnc(C)nn2)cc1. The molecule has 31 heavy (non-hydrogen) atoms. The van der Waals surface area contributed by atoms with Gasteiger partial charge in [0.25, 0.3) is 0 Å². The van der Waals surface area contributed by atoms with Crippen LogP contribution in [0.15, 0.2) is 24.3 Å². The summed E-state index contributed by atoms with van der Waals surface area (Å²) in [4.78, 5) is 11.9. The summed E-state index contributed by atoms with van der Waals surface area (Å²) in [7, 11) is 0. The Morgan fingerprint density at radius 1 is 0.806 bits per heavy atom. The Kier molecular flexibility index (Phi) is 12.2. The number of nitrogens with zero attached hydrogens (tertiary/aromatic N) is 4. The largest absolute Gasteiger partial charge is 0.379 e. The summed E-state index contributed by atoms with van der Waals surface area (Å²) < 4.78 is 21.3. The minimum absolute atomic E-state index is 0.0667. The maximum absolute atomic E-state index is 11.9. The second-order valence-corrected chi connectivity index (χ2v) is 6.53. The molecule has 0 fully saturated rings. The van der Waals surface area contributed by atoms with Crippen LogP contribution in [-0.4, -0.2) is 79.2 Å². The van der Waals surface area contributed by atoms with Crippen LogP contribution in [-0.2, 0) is 30.3 Å². The molecule has 10 nitrogen and oxygen atoms in total. The number of nitrogens with one attached hydrogen (secondary N) is 1. The highest BCUT2D eigenvalue weighted by Gasteiger charge is 2.05. The molecule has 0 aliphatic carbocycles. The lowest BCUT2D eigenvalue weighted by Crippen LogP contribution is -2.24. The molecule has 1 heterocycles. The highest BCUT2D eigenvalue weighted by Crippen LogP contribution is 2.13. The third-order valence-electron chi connectivity index (χ3n) is 4.07. The van der Waals surface area contributed by atoms with Crippen LogP contribution >= 0.6 is 0 Å². The van der Waals surface area contributed by atoms with E-state index in [1.165, 1.54) is 0 Å². The van der Waals surface area contributed by atoms with Gasteiger partial charge in [-0.25, -0.2) is 0 Å². The van der Waals surface area contributed by atoms with Crippen LogP contribution in [0.3, 0.4) is 0 Å². The second-order valence-electron chi connectivity index (χ2n) is 6.53. The molecular formula is C21H31N5O5. The van der Waals surface area contributed by atoms with Crippen molar-refractivity contribution >= 4 is 5.91 Å². The number of ether oxygens (including phenoxy) is 4. The minimum Gasteiger partial charge on any atom is -0.379 e. The molecule has 0 atom stereocenters. The zero-order chi connectivity index (χ0) is 22.2. The Bertz CT molecular complexity index is 743. The summed E-state index contributed by atoms with van der Waals surface area (Å²) in [6.45, 7) is 8.30. The highest BCUT2D eigenvalue weighted by molar-refractivity contribution is 5.75. The highest BCUT2D eigenvalue weighted by atomic mass is 16.6. The molecule has 0 aliphatic heterocycles. The molecule has 0 unspecified atom stereocenters. The van der Waals surface area contributed by atoms with Gasteiger partial charge in [-0.2, -0.15) is 0 Å². The van der Waals surface area contributed by atoms with Crippen LogP contribution in [0.25, 0.3) is 11.4 Å². The van der Waals surface area contributed by atoms with Crippen LogP contribution in [0, 0.1) is 6.92 Å². The van der Waals surface area contributed by atoms with Crippen LogP contribution < -0.4 is 5.32 Å². The van der Waals surface area contributed by atoms with Crippen molar-refractivity contribution in [2.75, 3.05) is 52.9 Å². The fourth-order valence-corrected chi connectivity index (χ4v) is 2.42. The summed E-state index contributed by atoms with van der Waals surface area (Å²) >= 11 is 0. The summed E-state index contributed by atoms with van der Waals surface area (Å²) in [5, 5.41) is 18.7. The van der Waals surface area contributed by atoms with Gasteiger partial charge in [0.15, 0.2) is 5.82 Å². The molecule has 0 radical (unpaired) electrons. The first-order valence-corrected chi connectivity index (χ1v) is 10.4. The lowest BCUT2D eigenvalue weighted by atomic mass is 10.1. The molecule has 170 valence electrons. The van der Waals surface area contributed by atoms with E-state index in [9.17, 15) is 4.79 Å². The molecule has 10 heteroatoms. The van der Waals surface area contributed by atoms with Crippen molar-refractivity contribution in [2.24, 2.45) is 0 Å². The van der Waals surface area contributed by atoms with Crippen LogP contribution in [0.5, 0.6) is 0 Å². The van der Waals surface area contributed by atoms with Crippen LogP contribution in [0.2, 0.25) is 0 Å². The number of aromatic nitrogens is 4. The van der Waals surface area contributed by atoms with E-state index in [0.717, 1.165) is 11.1 Å². The second kappa shape index (κ2) is 15.3. The molecule has 0 bridgehead atoms. The third-order valence-corrected chi connectivity index (χ3v) is 4.07. The standard InChI is InChI=1S/C21H31N5O5/c1-3-28-10-11-30-14-15-31-13-12-29-9-8-20(27)22-16-18-4-6-19(7-5-18)21-25-23-17(2)24-26-21/h4-7H,3,8-16H2,1-2H3,(H,22,27). The first kappa shape index (κ1) is 24.7. The van der Waals surface area contributed by atoms with Crippen molar-refractivity contribution in [3.8, 4) is 11.4 Å². The quantitative estimate of drug-likeness (QED) is 0.391. The number of amides is 1. The predicted octanol–water partition coefficient (Wildman–Crippen LogP) is 1.33. The molecule has 0 saturated heterocycles. The lowest BCUT2D eigenvalue weighted by molar-refractivity contribution is -0.122. The topological polar surface area (TPSA) is 118 Å². The lowest BCUT2D eigenvalue weighted by Gasteiger charge is -2.08. The number of carbonyl (C=O) groups is 1. The van der Waals surface area contributed by atoms with Gasteiger partial charge in [0, 0.05) is 25.1 Å². The van der Waals surface area contributed by atoms with Gasteiger partial charge in [-0.3, -0.25) is 4.79 Å². The van der Waals surface area contributed by atoms with Gasteiger partial charge in [-0.1, -0.05) is 24.3 Å². The zero-order valence-corrected chi connectivity index (χ0v) is 18.2. The monoisotopic (exact) mass is 433 g/mol. The van der Waals surface area contributed by atoms with E-state index >= 15 is 0 Å². The Balaban J connectivity index is 1.48. The Morgan fingerprint density at radius 2 is 1.35 bits per heavy atom. The third kappa shape index (κ3) is 10.9. The van der Waals surface area contributed by atoms with Crippen LogP contribution in [0.4, 0.5) is 0 Å². The number of rotatable bonds is 16. The molecule has 2 rings (SSSR count). The van der Waals surface area contributed by atoms with Gasteiger partial charge in [0.1, 0.15) is 0 Å². The summed E-state index contributed by atoms with van der Waals surface area (Å²) in [6.07, 6.45) is 0.299. The smallest absolute Gasteiger partial charge is 0.222 e. The van der Waals surface area contributed by atoms with Gasteiger partial charge < -0.3 is 24.3 Å². The van der Waals surface area contributed by atoms with Gasteiger partial charge in [0.2, 0.25) is 11.7 Å². The number of hydrogen-bond donors (Lipinski definition) is 1. The van der Waals surface area contributed by atoms with Gasteiger partial charge in [-0.15, -0.1) is 20.4 Å². The van der Waals surface area contributed by atoms with E-state index in [1.807, 2.05) is 31.2 Å². The van der Waals surface area contributed by atoms with E-state index in [4.69, 9.17) is 18.9 Å². The molecule has 2 aromatic rings. The molecule has 1 aromatic heterocycles. The van der Waals surface area contributed by atoms with E-state index in [2.05, 4.69) is 25.7 Å². The Morgan fingerprint density at radius 3 is 1.94 bits per heavy atom. The maximum Gasteiger partial charge on any atom is 0.222 e. The maximum atomic E-state index is 11.9. The first-order chi connectivity index (χ1) is 15.2. The van der Waals surface area contributed by atoms with Crippen molar-refractivity contribution in [1.29, 1.82) is 0 Å². The minimum atomic E-state index is -0.0667. The van der Waals surface area contributed by atoms with Gasteiger partial charge in [-0.05, 0) is 19.4 Å². The summed E-state index contributed by atoms with van der Waals surface area (Å²) in [5.41, 5.74) is 1.80. The van der Waals surface area contributed by atoms with E-state index < -0.39 is 0 Å². The normalized spacial score (nSPS) is 10.9. The fourth-order valence-electron chi connectivity index (χ4n) is 2.42. The average molecular weight is 434 g/mol. The number of benzene rings is 1. The van der Waals surface area contributed by atoms with Crippen molar-refractivity contribution in [3.05, 3.63) is 35.7 Å². The van der Waals surface area contributed by atoms with E-state index in [-0.39, 0.29) is 5.91 Å². The molecule has 0 spiro atoms. The van der Waals surface area contributed by atoms with Crippen molar-refractivity contribution in [1.82, 2.24) is 25.7 Å². The summed E-state index contributed by atoms with van der Waals surface area (Å²) in [5.74, 6) is 0.928.